The van der Waals surface area contributed by atoms with Crippen molar-refractivity contribution in [2.24, 2.45) is 5.92 Å². The van der Waals surface area contributed by atoms with Gasteiger partial charge in [0.1, 0.15) is 0 Å². The monoisotopic (exact) mass is 239 g/mol. The van der Waals surface area contributed by atoms with E-state index in [1.807, 2.05) is 0 Å². The van der Waals surface area contributed by atoms with Crippen LogP contribution in [0.2, 0.25) is 0 Å². The van der Waals surface area contributed by atoms with Crippen LogP contribution in [0.5, 0.6) is 0 Å². The smallest absolute Gasteiger partial charge is 0.185 e. The van der Waals surface area contributed by atoms with Gasteiger partial charge in [0.15, 0.2) is 11.4 Å². The topological polar surface area (TPSA) is 36.4 Å². The Morgan fingerprint density at radius 3 is 2.81 bits per heavy atom. The second kappa shape index (κ2) is 4.51. The molecule has 0 radical (unpaired) electrons. The van der Waals surface area contributed by atoms with Crippen LogP contribution in [-0.2, 0) is 0 Å². The Kier molecular flexibility index (Phi) is 3.25. The molecule has 0 aliphatic carbocycles. The standard InChI is InChI=1S/C11H17N3OS/c1-8-5-14(6-10(8)13(2)3)11-12-4-9(7-15)16-11/h4,7-8,10H,5-6H2,1-3H3. The van der Waals surface area contributed by atoms with Crippen LogP contribution in [-0.4, -0.2) is 49.4 Å². The second-order valence-corrected chi connectivity index (χ2v) is 5.62. The number of carbonyl (C=O) groups is 1. The minimum atomic E-state index is 0.573. The Morgan fingerprint density at radius 2 is 2.31 bits per heavy atom. The van der Waals surface area contributed by atoms with Crippen LogP contribution in [0.25, 0.3) is 0 Å². The molecule has 0 N–H and O–H groups in total. The molecular weight excluding hydrogens is 222 g/mol. The third-order valence-corrected chi connectivity index (χ3v) is 4.12. The molecule has 1 aliphatic rings. The van der Waals surface area contributed by atoms with E-state index in [4.69, 9.17) is 0 Å². The molecule has 2 atom stereocenters. The first kappa shape index (κ1) is 11.5. The van der Waals surface area contributed by atoms with Gasteiger partial charge in [-0.25, -0.2) is 4.98 Å². The van der Waals surface area contributed by atoms with Crippen molar-refractivity contribution in [1.82, 2.24) is 9.88 Å². The van der Waals surface area contributed by atoms with Crippen LogP contribution in [0.15, 0.2) is 6.20 Å². The van der Waals surface area contributed by atoms with E-state index in [0.717, 1.165) is 24.5 Å². The van der Waals surface area contributed by atoms with E-state index < -0.39 is 0 Å². The van der Waals surface area contributed by atoms with Gasteiger partial charge in [-0.15, -0.1) is 0 Å². The lowest BCUT2D eigenvalue weighted by Crippen LogP contribution is -2.34. The Balaban J connectivity index is 2.10. The predicted octanol–water partition coefficient (Wildman–Crippen LogP) is 1.34. The maximum Gasteiger partial charge on any atom is 0.185 e. The number of likely N-dealkylation sites (N-methyl/N-ethyl adjacent to an activating group) is 1. The van der Waals surface area contributed by atoms with Gasteiger partial charge in [0.2, 0.25) is 0 Å². The zero-order valence-corrected chi connectivity index (χ0v) is 10.7. The second-order valence-electron chi connectivity index (χ2n) is 4.58. The van der Waals surface area contributed by atoms with Gasteiger partial charge in [0.25, 0.3) is 0 Å². The van der Waals surface area contributed by atoms with Crippen molar-refractivity contribution < 1.29 is 4.79 Å². The molecule has 2 unspecified atom stereocenters. The van der Waals surface area contributed by atoms with Crippen molar-refractivity contribution in [2.75, 3.05) is 32.1 Å². The summed E-state index contributed by atoms with van der Waals surface area (Å²) in [5, 5.41) is 0.971. The molecule has 1 fully saturated rings. The summed E-state index contributed by atoms with van der Waals surface area (Å²) in [5.74, 6) is 0.638. The predicted molar refractivity (Wildman–Crippen MR) is 66.4 cm³/mol. The Hall–Kier alpha value is -0.940. The first-order valence-electron chi connectivity index (χ1n) is 5.44. The summed E-state index contributed by atoms with van der Waals surface area (Å²) < 4.78 is 0. The molecule has 4 nitrogen and oxygen atoms in total. The van der Waals surface area contributed by atoms with Gasteiger partial charge in [-0.3, -0.25) is 4.79 Å². The summed E-state index contributed by atoms with van der Waals surface area (Å²) >= 11 is 1.47. The normalized spacial score (nSPS) is 25.4. The van der Waals surface area contributed by atoms with Crippen molar-refractivity contribution in [3.05, 3.63) is 11.1 Å². The van der Waals surface area contributed by atoms with Crippen molar-refractivity contribution >= 4 is 22.8 Å². The molecule has 0 aromatic carbocycles. The van der Waals surface area contributed by atoms with E-state index in [1.54, 1.807) is 6.20 Å². The van der Waals surface area contributed by atoms with Gasteiger partial charge in [0.05, 0.1) is 11.1 Å². The fourth-order valence-electron chi connectivity index (χ4n) is 2.26. The van der Waals surface area contributed by atoms with E-state index in [1.165, 1.54) is 11.3 Å². The van der Waals surface area contributed by atoms with Crippen molar-refractivity contribution in [3.63, 3.8) is 0 Å². The number of hydrogen-bond donors (Lipinski definition) is 0. The lowest BCUT2D eigenvalue weighted by Gasteiger charge is -2.22. The van der Waals surface area contributed by atoms with Crippen molar-refractivity contribution in [2.45, 2.75) is 13.0 Å². The number of hydrogen-bond acceptors (Lipinski definition) is 5. The third kappa shape index (κ3) is 2.10. The number of nitrogens with zero attached hydrogens (tertiary/aromatic N) is 3. The van der Waals surface area contributed by atoms with Crippen molar-refractivity contribution in [1.29, 1.82) is 0 Å². The highest BCUT2D eigenvalue weighted by Gasteiger charge is 2.32. The molecule has 2 rings (SSSR count). The van der Waals surface area contributed by atoms with Crippen LogP contribution in [0.4, 0.5) is 5.13 Å². The van der Waals surface area contributed by atoms with Crippen LogP contribution in [0, 0.1) is 5.92 Å². The highest BCUT2D eigenvalue weighted by molar-refractivity contribution is 7.17. The summed E-state index contributed by atoms with van der Waals surface area (Å²) in [4.78, 5) is 20.1. The average Bonchev–Trinajstić information content (AvgIpc) is 2.83. The van der Waals surface area contributed by atoms with E-state index in [-0.39, 0.29) is 0 Å². The maximum atomic E-state index is 10.6. The molecule has 5 heteroatoms. The molecule has 0 bridgehead atoms. The molecule has 0 spiro atoms. The van der Waals surface area contributed by atoms with Gasteiger partial charge >= 0.3 is 0 Å². The molecule has 0 amide bonds. The third-order valence-electron chi connectivity index (χ3n) is 3.13. The summed E-state index contributed by atoms with van der Waals surface area (Å²) in [6, 6.07) is 0.573. The lowest BCUT2D eigenvalue weighted by molar-refractivity contribution is 0.112. The number of aldehydes is 1. The van der Waals surface area contributed by atoms with E-state index in [2.05, 4.69) is 35.8 Å². The van der Waals surface area contributed by atoms with Gasteiger partial charge in [-0.1, -0.05) is 18.3 Å². The van der Waals surface area contributed by atoms with Gasteiger partial charge in [0, 0.05) is 19.1 Å². The Labute approximate surface area is 99.9 Å². The molecular formula is C11H17N3OS. The molecule has 88 valence electrons. The van der Waals surface area contributed by atoms with Crippen LogP contribution in [0.1, 0.15) is 16.6 Å². The number of anilines is 1. The highest BCUT2D eigenvalue weighted by Crippen LogP contribution is 2.28. The Bertz CT molecular complexity index is 377. The summed E-state index contributed by atoms with van der Waals surface area (Å²) in [7, 11) is 4.23. The van der Waals surface area contributed by atoms with Crippen LogP contribution < -0.4 is 4.90 Å². The first-order chi connectivity index (χ1) is 7.61. The molecule has 1 aromatic rings. The maximum absolute atomic E-state index is 10.6. The zero-order valence-electron chi connectivity index (χ0n) is 9.88. The first-order valence-corrected chi connectivity index (χ1v) is 6.26. The van der Waals surface area contributed by atoms with E-state index in [0.29, 0.717) is 16.8 Å². The largest absolute Gasteiger partial charge is 0.346 e. The summed E-state index contributed by atoms with van der Waals surface area (Å²) in [6.45, 7) is 4.29. The molecule has 1 aromatic heterocycles. The quantitative estimate of drug-likeness (QED) is 0.746. The van der Waals surface area contributed by atoms with Crippen LogP contribution in [0.3, 0.4) is 0 Å². The number of carbonyl (C=O) groups excluding carboxylic acids is 1. The summed E-state index contributed by atoms with van der Waals surface area (Å²) in [6.07, 6.45) is 2.52. The lowest BCUT2D eigenvalue weighted by atomic mass is 10.1. The minimum absolute atomic E-state index is 0.573. The van der Waals surface area contributed by atoms with E-state index >= 15 is 0 Å². The molecule has 16 heavy (non-hydrogen) atoms. The molecule has 1 saturated heterocycles. The van der Waals surface area contributed by atoms with E-state index in [9.17, 15) is 4.79 Å². The Morgan fingerprint density at radius 1 is 1.56 bits per heavy atom. The van der Waals surface area contributed by atoms with Gasteiger partial charge in [-0.05, 0) is 20.0 Å². The zero-order chi connectivity index (χ0) is 11.7. The SMILES string of the molecule is CC1CN(c2ncc(C=O)s2)CC1N(C)C. The molecule has 2 heterocycles. The fraction of sp³-hybridized carbons (Fsp3) is 0.636. The number of thiazole rings is 1. The molecule has 1 aliphatic heterocycles. The van der Waals surface area contributed by atoms with Gasteiger partial charge < -0.3 is 9.80 Å². The molecule has 0 saturated carbocycles. The number of rotatable bonds is 3. The highest BCUT2D eigenvalue weighted by atomic mass is 32.1. The fourth-order valence-corrected chi connectivity index (χ4v) is 3.00. The number of aromatic nitrogens is 1. The van der Waals surface area contributed by atoms with Crippen LogP contribution >= 0.6 is 11.3 Å². The van der Waals surface area contributed by atoms with Crippen molar-refractivity contribution in [3.8, 4) is 0 Å². The minimum Gasteiger partial charge on any atom is -0.346 e. The summed E-state index contributed by atoms with van der Waals surface area (Å²) in [5.41, 5.74) is 0. The van der Waals surface area contributed by atoms with Gasteiger partial charge in [-0.2, -0.15) is 0 Å². The average molecular weight is 239 g/mol.